The van der Waals surface area contributed by atoms with Crippen molar-refractivity contribution in [3.05, 3.63) is 15.8 Å². The van der Waals surface area contributed by atoms with Crippen LogP contribution in [0.2, 0.25) is 0 Å². The van der Waals surface area contributed by atoms with Gasteiger partial charge in [-0.15, -0.1) is 11.3 Å². The maximum absolute atomic E-state index is 11.8. The molecule has 1 rings (SSSR count). The summed E-state index contributed by atoms with van der Waals surface area (Å²) in [5.74, 6) is -0.659. The summed E-state index contributed by atoms with van der Waals surface area (Å²) >= 11 is 1.07. The van der Waals surface area contributed by atoms with Crippen LogP contribution in [0.25, 0.3) is 0 Å². The van der Waals surface area contributed by atoms with Crippen molar-refractivity contribution in [1.29, 1.82) is 0 Å². The lowest BCUT2D eigenvalue weighted by Gasteiger charge is -2.08. The average Bonchev–Trinajstić information content (AvgIpc) is 2.57. The van der Waals surface area contributed by atoms with E-state index in [1.165, 1.54) is 0 Å². The zero-order valence-electron chi connectivity index (χ0n) is 10.1. The van der Waals surface area contributed by atoms with Gasteiger partial charge in [0.15, 0.2) is 10.6 Å². The molecule has 0 atom stereocenters. The molecule has 5 nitrogen and oxygen atoms in total. The molecular weight excluding hydrogens is 300 g/mol. The Kier molecular flexibility index (Phi) is 5.01. The molecule has 0 aromatic carbocycles. The highest BCUT2D eigenvalue weighted by atomic mass is 35.7. The highest BCUT2D eigenvalue weighted by molar-refractivity contribution is 8.10. The van der Waals surface area contributed by atoms with Gasteiger partial charge in [-0.05, 0) is 25.6 Å². The van der Waals surface area contributed by atoms with Crippen LogP contribution >= 0.6 is 22.0 Å². The van der Waals surface area contributed by atoms with E-state index in [-0.39, 0.29) is 16.7 Å². The molecule has 1 aromatic rings. The normalized spacial score (nSPS) is 11.6. The maximum Gasteiger partial charge on any atom is 0.401 e. The van der Waals surface area contributed by atoms with Crippen molar-refractivity contribution in [2.75, 3.05) is 0 Å². The minimum absolute atomic E-state index is 0.0387. The zero-order chi connectivity index (χ0) is 13.9. The Balaban J connectivity index is 3.13. The van der Waals surface area contributed by atoms with Gasteiger partial charge in [0, 0.05) is 5.56 Å². The van der Waals surface area contributed by atoms with Crippen LogP contribution < -0.4 is 4.18 Å². The van der Waals surface area contributed by atoms with Gasteiger partial charge >= 0.3 is 15.3 Å². The predicted molar refractivity (Wildman–Crippen MR) is 69.6 cm³/mol. The summed E-state index contributed by atoms with van der Waals surface area (Å²) in [6, 6.07) is 0. The van der Waals surface area contributed by atoms with Gasteiger partial charge in [0.05, 0.1) is 16.8 Å². The lowest BCUT2D eigenvalue weighted by molar-refractivity contribution is 0.0382. The maximum atomic E-state index is 11.8. The lowest BCUT2D eigenvalue weighted by Crippen LogP contribution is -2.12. The number of esters is 1. The van der Waals surface area contributed by atoms with E-state index < -0.39 is 15.3 Å². The minimum Gasteiger partial charge on any atom is -0.459 e. The van der Waals surface area contributed by atoms with Gasteiger partial charge in [-0.2, -0.15) is 8.42 Å². The summed E-state index contributed by atoms with van der Waals surface area (Å²) < 4.78 is 31.6. The standard InChI is InChI=1S/C10H13ClO5S2/c1-4-7-5-17-9(10(12)15-6(2)3)8(7)16-18(11,13)14/h5-6H,4H2,1-3H3. The Morgan fingerprint density at radius 1 is 1.50 bits per heavy atom. The summed E-state index contributed by atoms with van der Waals surface area (Å²) in [5.41, 5.74) is 0.597. The number of carbonyl (C=O) groups is 1. The first-order valence-electron chi connectivity index (χ1n) is 5.20. The van der Waals surface area contributed by atoms with Crippen LogP contribution in [0.4, 0.5) is 0 Å². The van der Waals surface area contributed by atoms with E-state index in [4.69, 9.17) is 15.4 Å². The highest BCUT2D eigenvalue weighted by Crippen LogP contribution is 2.33. The Labute approximate surface area is 114 Å². The van der Waals surface area contributed by atoms with Gasteiger partial charge in [0.25, 0.3) is 0 Å². The molecule has 0 fully saturated rings. The summed E-state index contributed by atoms with van der Waals surface area (Å²) in [6.45, 7) is 5.21. The number of rotatable bonds is 5. The second kappa shape index (κ2) is 5.90. The van der Waals surface area contributed by atoms with Crippen LogP contribution in [0.5, 0.6) is 5.75 Å². The Morgan fingerprint density at radius 3 is 2.56 bits per heavy atom. The molecule has 1 heterocycles. The van der Waals surface area contributed by atoms with E-state index in [2.05, 4.69) is 4.18 Å². The van der Waals surface area contributed by atoms with Crippen LogP contribution in [0.1, 0.15) is 36.0 Å². The SMILES string of the molecule is CCc1csc(C(=O)OC(C)C)c1OS(=O)(=O)Cl. The zero-order valence-corrected chi connectivity index (χ0v) is 12.5. The average molecular weight is 313 g/mol. The molecule has 0 aliphatic rings. The van der Waals surface area contributed by atoms with Crippen molar-refractivity contribution in [1.82, 2.24) is 0 Å². The topological polar surface area (TPSA) is 69.7 Å². The quantitative estimate of drug-likeness (QED) is 0.617. The molecule has 0 radical (unpaired) electrons. The third-order valence-electron chi connectivity index (χ3n) is 1.91. The highest BCUT2D eigenvalue weighted by Gasteiger charge is 2.24. The van der Waals surface area contributed by atoms with Gasteiger partial charge < -0.3 is 8.92 Å². The van der Waals surface area contributed by atoms with E-state index >= 15 is 0 Å². The van der Waals surface area contributed by atoms with Crippen LogP contribution in [0, 0.1) is 0 Å². The number of aryl methyl sites for hydroxylation is 1. The van der Waals surface area contributed by atoms with Gasteiger partial charge in [0.2, 0.25) is 0 Å². The number of hydrogen-bond donors (Lipinski definition) is 0. The first-order valence-corrected chi connectivity index (χ1v) is 8.31. The summed E-state index contributed by atoms with van der Waals surface area (Å²) in [7, 11) is 0.845. The molecule has 0 unspecified atom stereocenters. The van der Waals surface area contributed by atoms with E-state index in [9.17, 15) is 13.2 Å². The van der Waals surface area contributed by atoms with E-state index in [0.717, 1.165) is 11.3 Å². The van der Waals surface area contributed by atoms with E-state index in [1.807, 2.05) is 6.92 Å². The second-order valence-electron chi connectivity index (χ2n) is 3.70. The molecule has 0 aliphatic heterocycles. The minimum atomic E-state index is -4.19. The van der Waals surface area contributed by atoms with Gasteiger partial charge in [0.1, 0.15) is 0 Å². The first-order chi connectivity index (χ1) is 8.24. The molecule has 0 saturated carbocycles. The van der Waals surface area contributed by atoms with Crippen LogP contribution in [-0.2, 0) is 20.5 Å². The summed E-state index contributed by atoms with van der Waals surface area (Å²) in [4.78, 5) is 11.9. The van der Waals surface area contributed by atoms with Crippen molar-refractivity contribution < 1.29 is 22.1 Å². The van der Waals surface area contributed by atoms with Crippen LogP contribution in [0.15, 0.2) is 5.38 Å². The molecule has 0 amide bonds. The number of ether oxygens (including phenoxy) is 1. The first kappa shape index (κ1) is 15.3. The molecule has 18 heavy (non-hydrogen) atoms. The molecule has 0 aliphatic carbocycles. The van der Waals surface area contributed by atoms with Crippen molar-refractivity contribution in [3.8, 4) is 5.75 Å². The molecule has 0 spiro atoms. The van der Waals surface area contributed by atoms with Crippen molar-refractivity contribution in [2.24, 2.45) is 0 Å². The van der Waals surface area contributed by atoms with Gasteiger partial charge in [-0.1, -0.05) is 6.92 Å². The number of carbonyl (C=O) groups excluding carboxylic acids is 1. The fraction of sp³-hybridized carbons (Fsp3) is 0.500. The largest absolute Gasteiger partial charge is 0.459 e. The predicted octanol–water partition coefficient (Wildman–Crippen LogP) is 2.74. The third-order valence-corrected chi connectivity index (χ3v) is 3.45. The molecule has 102 valence electrons. The second-order valence-corrected chi connectivity index (χ2v) is 6.67. The number of hydrogen-bond acceptors (Lipinski definition) is 6. The van der Waals surface area contributed by atoms with Crippen LogP contribution in [0.3, 0.4) is 0 Å². The molecule has 0 N–H and O–H groups in total. The fourth-order valence-electron chi connectivity index (χ4n) is 1.23. The van der Waals surface area contributed by atoms with Crippen LogP contribution in [-0.4, -0.2) is 20.5 Å². The van der Waals surface area contributed by atoms with Gasteiger partial charge in [-0.25, -0.2) is 4.79 Å². The molecule has 1 aromatic heterocycles. The van der Waals surface area contributed by atoms with E-state index in [0.29, 0.717) is 12.0 Å². The molecule has 0 saturated heterocycles. The van der Waals surface area contributed by atoms with Crippen molar-refractivity contribution in [2.45, 2.75) is 33.3 Å². The van der Waals surface area contributed by atoms with Crippen molar-refractivity contribution >= 4 is 37.3 Å². The molecular formula is C10H13ClO5S2. The van der Waals surface area contributed by atoms with Gasteiger partial charge in [-0.3, -0.25) is 0 Å². The number of thiophene rings is 1. The third kappa shape index (κ3) is 4.15. The monoisotopic (exact) mass is 312 g/mol. The Bertz CT molecular complexity index is 532. The fourth-order valence-corrected chi connectivity index (χ4v) is 2.82. The number of halogens is 1. The Hall–Kier alpha value is -0.790. The Morgan fingerprint density at radius 2 is 2.11 bits per heavy atom. The summed E-state index contributed by atoms with van der Waals surface area (Å²) in [6.07, 6.45) is 0.220. The molecule has 0 bridgehead atoms. The lowest BCUT2D eigenvalue weighted by atomic mass is 10.2. The smallest absolute Gasteiger partial charge is 0.401 e. The van der Waals surface area contributed by atoms with E-state index in [1.54, 1.807) is 19.2 Å². The van der Waals surface area contributed by atoms with Crippen molar-refractivity contribution in [3.63, 3.8) is 0 Å². The summed E-state index contributed by atoms with van der Waals surface area (Å²) in [5, 5.41) is 1.65. The molecule has 8 heteroatoms.